The molecule has 0 aromatic heterocycles. The van der Waals surface area contributed by atoms with E-state index in [4.69, 9.17) is 4.74 Å². The lowest BCUT2D eigenvalue weighted by Crippen LogP contribution is -1.97. The summed E-state index contributed by atoms with van der Waals surface area (Å²) in [6.45, 7) is 0.535. The highest BCUT2D eigenvalue weighted by Crippen LogP contribution is 2.35. The fourth-order valence-electron chi connectivity index (χ4n) is 3.60. The molecule has 2 aromatic rings. The van der Waals surface area contributed by atoms with Crippen LogP contribution >= 0.6 is 23.5 Å². The van der Waals surface area contributed by atoms with Crippen molar-refractivity contribution < 1.29 is 9.53 Å². The first-order valence-corrected chi connectivity index (χ1v) is 11.6. The van der Waals surface area contributed by atoms with Gasteiger partial charge in [-0.05, 0) is 59.9 Å². The van der Waals surface area contributed by atoms with E-state index in [2.05, 4.69) is 29.3 Å². The smallest absolute Gasteiger partial charge is 0.285 e. The molecule has 0 unspecified atom stereocenters. The van der Waals surface area contributed by atoms with Crippen molar-refractivity contribution in [1.29, 1.82) is 0 Å². The summed E-state index contributed by atoms with van der Waals surface area (Å²) in [4.78, 5) is 16.6. The summed E-state index contributed by atoms with van der Waals surface area (Å²) in [5, 5.41) is 0. The monoisotopic (exact) mass is 409 g/mol. The van der Waals surface area contributed by atoms with E-state index in [1.165, 1.54) is 54.8 Å². The Bertz CT molecular complexity index is 895. The fraction of sp³-hybridized carbons (Fsp3) is 0.304. The summed E-state index contributed by atoms with van der Waals surface area (Å²) < 4.78 is 6.74. The zero-order valence-electron chi connectivity index (χ0n) is 15.9. The summed E-state index contributed by atoms with van der Waals surface area (Å²) in [6, 6.07) is 16.7. The number of thioether (sulfide) groups is 2. The Morgan fingerprint density at radius 2 is 1.82 bits per heavy atom. The lowest BCUT2D eigenvalue weighted by molar-refractivity contribution is -0.113. The van der Waals surface area contributed by atoms with Gasteiger partial charge in [0.25, 0.3) is 5.91 Å². The molecule has 0 atom stereocenters. The molecule has 0 spiro atoms. The number of aliphatic imine (C=N–C) groups is 1. The number of carbonyl (C=O) groups is 1. The maximum absolute atomic E-state index is 11.9. The third-order valence-electron chi connectivity index (χ3n) is 5.17. The molecule has 2 aromatic carbocycles. The number of nitrogens with zero attached hydrogens (tertiary/aromatic N) is 1. The maximum Gasteiger partial charge on any atom is 0.285 e. The molecule has 0 saturated heterocycles. The van der Waals surface area contributed by atoms with E-state index in [0.29, 0.717) is 11.5 Å². The van der Waals surface area contributed by atoms with E-state index >= 15 is 0 Å². The van der Waals surface area contributed by atoms with Crippen molar-refractivity contribution in [2.75, 3.05) is 6.26 Å². The molecule has 2 aliphatic rings. The molecule has 4 rings (SSSR count). The van der Waals surface area contributed by atoms with Crippen molar-refractivity contribution in [1.82, 2.24) is 0 Å². The highest BCUT2D eigenvalue weighted by molar-refractivity contribution is 8.40. The minimum absolute atomic E-state index is 0.150. The van der Waals surface area contributed by atoms with Gasteiger partial charge in [0, 0.05) is 0 Å². The van der Waals surface area contributed by atoms with Crippen LogP contribution in [0, 0.1) is 0 Å². The number of benzene rings is 2. The Hall–Kier alpha value is -1.98. The van der Waals surface area contributed by atoms with Gasteiger partial charge in [-0.25, -0.2) is 0 Å². The number of hydrogen-bond donors (Lipinski definition) is 0. The number of rotatable bonds is 5. The fourth-order valence-corrected chi connectivity index (χ4v) is 5.02. The van der Waals surface area contributed by atoms with E-state index in [9.17, 15) is 4.79 Å². The second-order valence-corrected chi connectivity index (χ2v) is 9.16. The summed E-state index contributed by atoms with van der Waals surface area (Å²) >= 11 is 2.94. The van der Waals surface area contributed by atoms with Crippen LogP contribution in [0.4, 0.5) is 0 Å². The predicted octanol–water partition coefficient (Wildman–Crippen LogP) is 6.26. The van der Waals surface area contributed by atoms with Crippen LogP contribution in [0.3, 0.4) is 0 Å². The number of amides is 1. The average Bonchev–Trinajstić information content (AvgIpc) is 3.38. The molecule has 28 heavy (non-hydrogen) atoms. The molecule has 3 nitrogen and oxygen atoms in total. The van der Waals surface area contributed by atoms with Crippen LogP contribution in [0.5, 0.6) is 5.75 Å². The molecule has 1 heterocycles. The Labute approximate surface area is 174 Å². The first-order valence-electron chi connectivity index (χ1n) is 9.59. The van der Waals surface area contributed by atoms with Crippen molar-refractivity contribution >= 4 is 39.9 Å². The summed E-state index contributed by atoms with van der Waals surface area (Å²) in [5.41, 5.74) is 3.54. The van der Waals surface area contributed by atoms with Gasteiger partial charge >= 0.3 is 0 Å². The normalized spacial score (nSPS) is 18.7. The van der Waals surface area contributed by atoms with E-state index in [1.807, 2.05) is 36.6 Å². The summed E-state index contributed by atoms with van der Waals surface area (Å²) in [7, 11) is 0. The molecule has 1 fully saturated rings. The molecular weight excluding hydrogens is 386 g/mol. The lowest BCUT2D eigenvalue weighted by atomic mass is 9.98. The lowest BCUT2D eigenvalue weighted by Gasteiger charge is -2.11. The SMILES string of the molecule is CSC1=NC(=O)C(=Cc2ccc(COc3ccc(C4CCCC4)cc3)cc2)S1. The summed E-state index contributed by atoms with van der Waals surface area (Å²) in [5.74, 6) is 1.49. The molecule has 1 amide bonds. The standard InChI is InChI=1S/C23H23NO2S2/c1-27-23-24-22(25)21(28-23)14-16-6-8-17(9-7-16)15-26-20-12-10-19(11-13-20)18-4-2-3-5-18/h6-14,18H,2-5,15H2,1H3. The van der Waals surface area contributed by atoms with Crippen molar-refractivity contribution in [3.05, 3.63) is 70.1 Å². The van der Waals surface area contributed by atoms with Gasteiger partial charge < -0.3 is 4.74 Å². The van der Waals surface area contributed by atoms with Crippen LogP contribution in [0.2, 0.25) is 0 Å². The number of hydrogen-bond acceptors (Lipinski definition) is 4. The van der Waals surface area contributed by atoms with E-state index < -0.39 is 0 Å². The highest BCUT2D eigenvalue weighted by atomic mass is 32.2. The zero-order chi connectivity index (χ0) is 19.3. The van der Waals surface area contributed by atoms with Gasteiger partial charge in [0.05, 0.1) is 4.91 Å². The van der Waals surface area contributed by atoms with Crippen LogP contribution in [0.15, 0.2) is 58.4 Å². The van der Waals surface area contributed by atoms with Gasteiger partial charge in [0.1, 0.15) is 16.7 Å². The van der Waals surface area contributed by atoms with E-state index in [0.717, 1.165) is 27.2 Å². The van der Waals surface area contributed by atoms with Gasteiger partial charge in [-0.3, -0.25) is 4.79 Å². The van der Waals surface area contributed by atoms with Crippen LogP contribution in [0.1, 0.15) is 48.3 Å². The quantitative estimate of drug-likeness (QED) is 0.547. The molecule has 1 saturated carbocycles. The van der Waals surface area contributed by atoms with Gasteiger partial charge in [-0.15, -0.1) is 11.8 Å². The molecule has 1 aliphatic heterocycles. The highest BCUT2D eigenvalue weighted by Gasteiger charge is 2.21. The molecule has 0 bridgehead atoms. The van der Waals surface area contributed by atoms with Crippen LogP contribution in [-0.2, 0) is 11.4 Å². The third-order valence-corrected chi connectivity index (χ3v) is 7.13. The van der Waals surface area contributed by atoms with Crippen LogP contribution in [0.25, 0.3) is 6.08 Å². The second-order valence-electron chi connectivity index (χ2n) is 7.08. The topological polar surface area (TPSA) is 38.7 Å². The van der Waals surface area contributed by atoms with Crippen molar-refractivity contribution in [3.8, 4) is 5.75 Å². The molecule has 144 valence electrons. The van der Waals surface area contributed by atoms with Crippen molar-refractivity contribution in [2.45, 2.75) is 38.2 Å². The minimum Gasteiger partial charge on any atom is -0.489 e. The van der Waals surface area contributed by atoms with Gasteiger partial charge in [0.2, 0.25) is 0 Å². The number of ether oxygens (including phenoxy) is 1. The van der Waals surface area contributed by atoms with Crippen LogP contribution < -0.4 is 4.74 Å². The summed E-state index contributed by atoms with van der Waals surface area (Å²) in [6.07, 6.45) is 9.17. The number of carbonyl (C=O) groups excluding carboxylic acids is 1. The first-order chi connectivity index (χ1) is 13.7. The third kappa shape index (κ3) is 4.70. The zero-order valence-corrected chi connectivity index (χ0v) is 17.5. The average molecular weight is 410 g/mol. The first kappa shape index (κ1) is 19.3. The largest absolute Gasteiger partial charge is 0.489 e. The maximum atomic E-state index is 11.9. The van der Waals surface area contributed by atoms with E-state index in [-0.39, 0.29) is 5.91 Å². The molecule has 1 aliphatic carbocycles. The Balaban J connectivity index is 1.33. The Morgan fingerprint density at radius 1 is 1.11 bits per heavy atom. The van der Waals surface area contributed by atoms with Gasteiger partial charge in [0.15, 0.2) is 0 Å². The van der Waals surface area contributed by atoms with Gasteiger partial charge in [-0.2, -0.15) is 4.99 Å². The Morgan fingerprint density at radius 3 is 2.46 bits per heavy atom. The van der Waals surface area contributed by atoms with E-state index in [1.54, 1.807) is 0 Å². The molecule has 0 radical (unpaired) electrons. The Kier molecular flexibility index (Phi) is 6.23. The van der Waals surface area contributed by atoms with Crippen LogP contribution in [-0.4, -0.2) is 16.5 Å². The second kappa shape index (κ2) is 9.01. The van der Waals surface area contributed by atoms with Gasteiger partial charge in [-0.1, -0.05) is 61.0 Å². The molecule has 5 heteroatoms. The molecule has 0 N–H and O–H groups in total. The minimum atomic E-state index is -0.150. The van der Waals surface area contributed by atoms with Crippen molar-refractivity contribution in [2.24, 2.45) is 4.99 Å². The predicted molar refractivity (Wildman–Crippen MR) is 120 cm³/mol. The molecular formula is C23H23NO2S2. The van der Waals surface area contributed by atoms with Crippen molar-refractivity contribution in [3.63, 3.8) is 0 Å².